The summed E-state index contributed by atoms with van der Waals surface area (Å²) in [6.45, 7) is 0. The Morgan fingerprint density at radius 1 is 1.75 bits per heavy atom. The van der Waals surface area contributed by atoms with Crippen molar-refractivity contribution in [1.82, 2.24) is 4.98 Å². The summed E-state index contributed by atoms with van der Waals surface area (Å²) in [5, 5.41) is 7.70. The van der Waals surface area contributed by atoms with Crippen LogP contribution in [0.25, 0.3) is 0 Å². The van der Waals surface area contributed by atoms with Gasteiger partial charge in [0.05, 0.1) is 11.3 Å². The summed E-state index contributed by atoms with van der Waals surface area (Å²) in [5.74, 6) is 0. The lowest BCUT2D eigenvalue weighted by Gasteiger charge is -1.97. The van der Waals surface area contributed by atoms with E-state index in [4.69, 9.17) is 22.6 Å². The van der Waals surface area contributed by atoms with Crippen LogP contribution >= 0.6 is 11.6 Å². The predicted molar refractivity (Wildman–Crippen MR) is 43.5 cm³/mol. The summed E-state index contributed by atoms with van der Waals surface area (Å²) in [4.78, 5) is 14.2. The van der Waals surface area contributed by atoms with Crippen LogP contribution in [0.3, 0.4) is 0 Å². The maximum atomic E-state index is 10.6. The molecule has 0 aliphatic carbocycles. The molecule has 60 valence electrons. The number of nitrogen functional groups attached to an aromatic ring is 1. The number of carbonyl (C=O) groups excluding carboxylic acids is 1. The molecule has 0 atom stereocenters. The van der Waals surface area contributed by atoms with E-state index in [9.17, 15) is 4.79 Å². The third-order valence-corrected chi connectivity index (χ3v) is 1.41. The van der Waals surface area contributed by atoms with Crippen molar-refractivity contribution in [2.75, 3.05) is 5.73 Å². The fourth-order valence-electron chi connectivity index (χ4n) is 0.707. The van der Waals surface area contributed by atoms with E-state index in [-0.39, 0.29) is 11.4 Å². The molecule has 1 aromatic heterocycles. The second kappa shape index (κ2) is 3.20. The molecule has 1 heterocycles. The number of anilines is 1. The number of halogens is 1. The Labute approximate surface area is 73.6 Å². The first-order valence-corrected chi connectivity index (χ1v) is 3.38. The monoisotopic (exact) mass is 181 g/mol. The van der Waals surface area contributed by atoms with Crippen molar-refractivity contribution in [1.29, 1.82) is 5.26 Å². The molecule has 0 fully saturated rings. The van der Waals surface area contributed by atoms with Crippen molar-refractivity contribution >= 4 is 22.5 Å². The molecule has 0 amide bonds. The Morgan fingerprint density at radius 3 is 2.83 bits per heavy atom. The first kappa shape index (κ1) is 8.50. The fraction of sp³-hybridized carbons (Fsp3) is 0. The third-order valence-electron chi connectivity index (χ3n) is 1.23. The molecule has 4 nitrogen and oxygen atoms in total. The molecule has 0 aliphatic heterocycles. The van der Waals surface area contributed by atoms with E-state index in [1.54, 1.807) is 0 Å². The Morgan fingerprint density at radius 2 is 2.42 bits per heavy atom. The molecule has 1 aromatic rings. The number of pyridine rings is 1. The Hall–Kier alpha value is -1.60. The molecule has 0 unspecified atom stereocenters. The zero-order valence-electron chi connectivity index (χ0n) is 5.91. The average Bonchev–Trinajstić information content (AvgIpc) is 2.03. The van der Waals surface area contributed by atoms with Crippen LogP contribution in [0.4, 0.5) is 5.69 Å². The quantitative estimate of drug-likeness (QED) is 0.654. The van der Waals surface area contributed by atoms with E-state index in [1.807, 2.05) is 6.07 Å². The van der Waals surface area contributed by atoms with E-state index in [0.29, 0.717) is 5.56 Å². The topological polar surface area (TPSA) is 79.8 Å². The van der Waals surface area contributed by atoms with Gasteiger partial charge in [0.2, 0.25) is 0 Å². The molecular weight excluding hydrogens is 178 g/mol. The van der Waals surface area contributed by atoms with Crippen molar-refractivity contribution in [3.05, 3.63) is 23.5 Å². The van der Waals surface area contributed by atoms with Crippen LogP contribution in [-0.2, 0) is 0 Å². The molecule has 1 rings (SSSR count). The molecule has 12 heavy (non-hydrogen) atoms. The Balaban J connectivity index is 3.23. The van der Waals surface area contributed by atoms with E-state index in [1.165, 1.54) is 12.3 Å². The average molecular weight is 182 g/mol. The van der Waals surface area contributed by atoms with Gasteiger partial charge in [-0.05, 0) is 17.7 Å². The Bertz CT molecular complexity index is 369. The minimum atomic E-state index is -0.725. The second-order valence-electron chi connectivity index (χ2n) is 2.05. The number of nitrogens with zero attached hydrogens (tertiary/aromatic N) is 2. The molecule has 5 heteroatoms. The zero-order valence-corrected chi connectivity index (χ0v) is 6.67. The molecule has 0 spiro atoms. The van der Waals surface area contributed by atoms with Crippen LogP contribution in [0.1, 0.15) is 16.1 Å². The maximum absolute atomic E-state index is 10.6. The molecule has 0 aromatic carbocycles. The molecule has 0 saturated carbocycles. The fourth-order valence-corrected chi connectivity index (χ4v) is 0.865. The van der Waals surface area contributed by atoms with Gasteiger partial charge in [-0.25, -0.2) is 4.98 Å². The maximum Gasteiger partial charge on any atom is 0.272 e. The number of nitriles is 1. The van der Waals surface area contributed by atoms with Gasteiger partial charge in [0.25, 0.3) is 5.24 Å². The number of hydrogen-bond acceptors (Lipinski definition) is 4. The summed E-state index contributed by atoms with van der Waals surface area (Å²) in [7, 11) is 0. The predicted octanol–water partition coefficient (Wildman–Crippen LogP) is 0.914. The highest BCUT2D eigenvalue weighted by molar-refractivity contribution is 6.68. The SMILES string of the molecule is N#Cc1cnc(C(=O)Cl)c(N)c1. The van der Waals surface area contributed by atoms with E-state index in [2.05, 4.69) is 4.98 Å². The van der Waals surface area contributed by atoms with Crippen LogP contribution < -0.4 is 5.73 Å². The summed E-state index contributed by atoms with van der Waals surface area (Å²) >= 11 is 5.14. The highest BCUT2D eigenvalue weighted by atomic mass is 35.5. The van der Waals surface area contributed by atoms with Crippen LogP contribution in [0, 0.1) is 11.3 Å². The third kappa shape index (κ3) is 1.52. The molecule has 2 N–H and O–H groups in total. The lowest BCUT2D eigenvalue weighted by Crippen LogP contribution is -2.01. The molecule has 0 radical (unpaired) electrons. The number of aromatic nitrogens is 1. The van der Waals surface area contributed by atoms with E-state index in [0.717, 1.165) is 0 Å². The second-order valence-corrected chi connectivity index (χ2v) is 2.39. The molecular formula is C7H4ClN3O. The van der Waals surface area contributed by atoms with Crippen molar-refractivity contribution in [2.24, 2.45) is 0 Å². The van der Waals surface area contributed by atoms with Crippen LogP contribution in [0.2, 0.25) is 0 Å². The van der Waals surface area contributed by atoms with Gasteiger partial charge in [0.15, 0.2) is 0 Å². The Kier molecular flexibility index (Phi) is 2.26. The normalized spacial score (nSPS) is 9.00. The van der Waals surface area contributed by atoms with E-state index >= 15 is 0 Å². The molecule has 0 saturated heterocycles. The summed E-state index contributed by atoms with van der Waals surface area (Å²) in [6, 6.07) is 3.19. The van der Waals surface area contributed by atoms with Gasteiger partial charge in [-0.3, -0.25) is 4.79 Å². The van der Waals surface area contributed by atoms with Gasteiger partial charge < -0.3 is 5.73 Å². The molecule has 0 aliphatic rings. The van der Waals surface area contributed by atoms with Crippen LogP contribution in [-0.4, -0.2) is 10.2 Å². The van der Waals surface area contributed by atoms with Gasteiger partial charge in [0, 0.05) is 6.20 Å². The van der Waals surface area contributed by atoms with Gasteiger partial charge in [-0.15, -0.1) is 0 Å². The summed E-state index contributed by atoms with van der Waals surface area (Å²) in [5.41, 5.74) is 5.78. The summed E-state index contributed by atoms with van der Waals surface area (Å²) < 4.78 is 0. The first-order chi connectivity index (χ1) is 5.65. The highest BCUT2D eigenvalue weighted by Crippen LogP contribution is 2.12. The van der Waals surface area contributed by atoms with Crippen LogP contribution in [0.15, 0.2) is 12.3 Å². The number of rotatable bonds is 1. The smallest absolute Gasteiger partial charge is 0.272 e. The van der Waals surface area contributed by atoms with Gasteiger partial charge in [-0.2, -0.15) is 5.26 Å². The summed E-state index contributed by atoms with van der Waals surface area (Å²) in [6.07, 6.45) is 1.24. The van der Waals surface area contributed by atoms with Gasteiger partial charge in [0.1, 0.15) is 11.8 Å². The van der Waals surface area contributed by atoms with Crippen molar-refractivity contribution in [3.8, 4) is 6.07 Å². The lowest BCUT2D eigenvalue weighted by atomic mass is 10.2. The lowest BCUT2D eigenvalue weighted by molar-refractivity contribution is 0.107. The van der Waals surface area contributed by atoms with Gasteiger partial charge >= 0.3 is 0 Å². The number of carbonyl (C=O) groups is 1. The van der Waals surface area contributed by atoms with Crippen molar-refractivity contribution in [2.45, 2.75) is 0 Å². The van der Waals surface area contributed by atoms with E-state index < -0.39 is 5.24 Å². The standard InChI is InChI=1S/C7H4ClN3O/c8-7(12)6-5(10)1-4(2-9)3-11-6/h1,3H,10H2. The van der Waals surface area contributed by atoms with Gasteiger partial charge in [-0.1, -0.05) is 0 Å². The number of nitrogens with two attached hydrogens (primary N) is 1. The van der Waals surface area contributed by atoms with Crippen LogP contribution in [0.5, 0.6) is 0 Å². The minimum absolute atomic E-state index is 0.0179. The van der Waals surface area contributed by atoms with Crippen molar-refractivity contribution < 1.29 is 4.79 Å². The number of hydrogen-bond donors (Lipinski definition) is 1. The highest BCUT2D eigenvalue weighted by Gasteiger charge is 2.08. The zero-order chi connectivity index (χ0) is 9.14. The first-order valence-electron chi connectivity index (χ1n) is 3.00. The molecule has 0 bridgehead atoms. The van der Waals surface area contributed by atoms with Crippen molar-refractivity contribution in [3.63, 3.8) is 0 Å². The minimum Gasteiger partial charge on any atom is -0.397 e. The largest absolute Gasteiger partial charge is 0.397 e.